The van der Waals surface area contributed by atoms with E-state index in [1.54, 1.807) is 4.90 Å². The van der Waals surface area contributed by atoms with Crippen LogP contribution in [0.25, 0.3) is 5.57 Å². The maximum absolute atomic E-state index is 13.5. The van der Waals surface area contributed by atoms with Gasteiger partial charge in [0.25, 0.3) is 0 Å². The molecule has 1 aromatic heterocycles. The number of nitrogens with zero attached hydrogens (tertiary/aromatic N) is 3. The number of aromatic nitrogens is 1. The number of rotatable bonds is 13. The summed E-state index contributed by atoms with van der Waals surface area (Å²) < 4.78 is 22.6. The number of amides is 3. The molecule has 0 saturated carbocycles. The number of esters is 1. The number of hydrogen-bond acceptors (Lipinski definition) is 11. The van der Waals surface area contributed by atoms with Crippen molar-refractivity contribution in [3.8, 4) is 0 Å². The molecule has 5 atom stereocenters. The minimum absolute atomic E-state index is 0.0221. The molecule has 15 heteroatoms. The van der Waals surface area contributed by atoms with Crippen LogP contribution in [0.1, 0.15) is 26.0 Å². The lowest BCUT2D eigenvalue weighted by atomic mass is 9.79. The average molecular weight is 677 g/mol. The van der Waals surface area contributed by atoms with Gasteiger partial charge in [0, 0.05) is 22.7 Å². The smallest absolute Gasteiger partial charge is 0.410 e. The number of carbonyl (C=O) groups is 4. The summed E-state index contributed by atoms with van der Waals surface area (Å²) in [6, 6.07) is -0.737. The molecule has 12 nitrogen and oxygen atoms in total. The van der Waals surface area contributed by atoms with Crippen LogP contribution in [0.3, 0.4) is 0 Å². The molecule has 0 radical (unpaired) electrons. The van der Waals surface area contributed by atoms with Crippen LogP contribution >= 0.6 is 23.1 Å². The van der Waals surface area contributed by atoms with Crippen LogP contribution in [0.4, 0.5) is 9.59 Å². The first-order valence-corrected chi connectivity index (χ1v) is 19.7. The van der Waals surface area contributed by atoms with Gasteiger partial charge in [-0.1, -0.05) is 50.1 Å². The van der Waals surface area contributed by atoms with Crippen LogP contribution < -0.4 is 5.73 Å². The summed E-state index contributed by atoms with van der Waals surface area (Å²) in [5.41, 5.74) is 6.98. The highest BCUT2D eigenvalue weighted by molar-refractivity contribution is 8.04. The van der Waals surface area contributed by atoms with Gasteiger partial charge in [0.2, 0.25) is 5.91 Å². The van der Waals surface area contributed by atoms with E-state index in [4.69, 9.17) is 29.4 Å². The first-order chi connectivity index (χ1) is 21.3. The van der Waals surface area contributed by atoms with E-state index in [0.717, 1.165) is 5.57 Å². The predicted octanol–water partition coefficient (Wildman–Crippen LogP) is 4.77. The molecule has 45 heavy (non-hydrogen) atoms. The normalized spacial score (nSPS) is 23.5. The van der Waals surface area contributed by atoms with Gasteiger partial charge in [-0.2, -0.15) is 0 Å². The summed E-state index contributed by atoms with van der Waals surface area (Å²) in [6.45, 7) is 17.6. The quantitative estimate of drug-likeness (QED) is 0.102. The molecule has 1 saturated heterocycles. The molecule has 0 aliphatic carbocycles. The van der Waals surface area contributed by atoms with E-state index in [1.165, 1.54) is 40.2 Å². The monoisotopic (exact) mass is 676 g/mol. The number of carbonyl (C=O) groups excluding carboxylic acids is 4. The molecule has 4 rings (SSSR count). The van der Waals surface area contributed by atoms with Gasteiger partial charge in [0.15, 0.2) is 12.7 Å². The van der Waals surface area contributed by atoms with Crippen LogP contribution in [0.15, 0.2) is 51.7 Å². The number of fused-ring (bicyclic) bond motifs is 1. The number of primary amides is 1. The Morgan fingerprint density at radius 3 is 2.53 bits per heavy atom. The fourth-order valence-electron chi connectivity index (χ4n) is 5.79. The van der Waals surface area contributed by atoms with Gasteiger partial charge in [-0.15, -0.1) is 11.3 Å². The standard InChI is InChI=1S/C30H40N4O8S2Si/c1-8-12-39-27(36)24-25(17(3)23-22(26(35)34(23)24)18(4)42-45(5,6)7)44-29-32-21(16-43-29)19-10-11-33(30(38)40-13-9-2)20(14-19)15-41-28(31)37/h8-10,16-18,20,22-23H,1-2,11-15H2,3-7H3,(H2,31,37)/t17-,18-,20+,22-,23-/m1/s1. The number of thiazole rings is 1. The molecule has 0 aromatic carbocycles. The highest BCUT2D eigenvalue weighted by atomic mass is 32.2. The van der Waals surface area contributed by atoms with Gasteiger partial charge in [0.1, 0.15) is 25.5 Å². The van der Waals surface area contributed by atoms with Crippen molar-refractivity contribution in [1.29, 1.82) is 0 Å². The zero-order valence-electron chi connectivity index (χ0n) is 26.1. The molecular weight excluding hydrogens is 637 g/mol. The highest BCUT2D eigenvalue weighted by Crippen LogP contribution is 2.53. The van der Waals surface area contributed by atoms with Crippen LogP contribution in [0.2, 0.25) is 19.6 Å². The van der Waals surface area contributed by atoms with E-state index in [-0.39, 0.29) is 62.0 Å². The van der Waals surface area contributed by atoms with Crippen molar-refractivity contribution in [1.82, 2.24) is 14.8 Å². The zero-order chi connectivity index (χ0) is 33.1. The molecule has 0 unspecified atom stereocenters. The first-order valence-electron chi connectivity index (χ1n) is 14.6. The number of ether oxygens (including phenoxy) is 3. The van der Waals surface area contributed by atoms with Crippen molar-refractivity contribution in [2.75, 3.05) is 26.4 Å². The topological polar surface area (TPSA) is 151 Å². The Labute approximate surface area is 272 Å². The van der Waals surface area contributed by atoms with Gasteiger partial charge < -0.3 is 29.3 Å². The molecule has 0 spiro atoms. The number of nitrogens with two attached hydrogens (primary N) is 1. The third-order valence-corrected chi connectivity index (χ3v) is 10.9. The molecule has 244 valence electrons. The van der Waals surface area contributed by atoms with Gasteiger partial charge in [-0.05, 0) is 38.6 Å². The van der Waals surface area contributed by atoms with E-state index < -0.39 is 32.5 Å². The van der Waals surface area contributed by atoms with Crippen molar-refractivity contribution in [2.45, 2.75) is 62.4 Å². The van der Waals surface area contributed by atoms with E-state index in [9.17, 15) is 19.2 Å². The Morgan fingerprint density at radius 1 is 1.20 bits per heavy atom. The highest BCUT2D eigenvalue weighted by Gasteiger charge is 2.61. The molecular formula is C30H40N4O8S2Si. The number of hydrogen-bond donors (Lipinski definition) is 1. The van der Waals surface area contributed by atoms with Gasteiger partial charge in [-0.25, -0.2) is 19.4 Å². The van der Waals surface area contributed by atoms with E-state index in [0.29, 0.717) is 21.4 Å². The maximum atomic E-state index is 13.5. The molecule has 2 N–H and O–H groups in total. The Morgan fingerprint density at radius 2 is 1.89 bits per heavy atom. The Balaban J connectivity index is 1.57. The van der Waals surface area contributed by atoms with E-state index in [2.05, 4.69) is 32.8 Å². The summed E-state index contributed by atoms with van der Waals surface area (Å²) >= 11 is 2.75. The second-order valence-corrected chi connectivity index (χ2v) is 18.5. The SMILES string of the molecule is C=CCOC(=O)C1=C(Sc2nc(C3=CCN(C(=O)OCC=C)[C@H](COC(N)=O)C3)cs2)[C@H](C)[C@@H]2[C@@H]([C@@H](C)O[Si](C)(C)C)C(=O)N12. The van der Waals surface area contributed by atoms with Crippen molar-refractivity contribution in [3.63, 3.8) is 0 Å². The molecule has 3 amide bonds. The second-order valence-electron chi connectivity index (χ2n) is 11.9. The summed E-state index contributed by atoms with van der Waals surface area (Å²) in [7, 11) is -1.91. The van der Waals surface area contributed by atoms with Crippen molar-refractivity contribution < 1.29 is 37.8 Å². The van der Waals surface area contributed by atoms with Crippen LogP contribution in [-0.4, -0.2) is 91.7 Å². The average Bonchev–Trinajstić information content (AvgIpc) is 3.53. The lowest BCUT2D eigenvalue weighted by Crippen LogP contribution is -2.64. The molecule has 3 aliphatic heterocycles. The van der Waals surface area contributed by atoms with Crippen molar-refractivity contribution in [2.24, 2.45) is 17.6 Å². The fourth-order valence-corrected chi connectivity index (χ4v) is 9.16. The molecule has 3 aliphatic rings. The number of thioether (sulfide) groups is 1. The Bertz CT molecular complexity index is 1420. The third-order valence-electron chi connectivity index (χ3n) is 7.58. The molecule has 0 bridgehead atoms. The fraction of sp³-hybridized carbons (Fsp3) is 0.500. The predicted molar refractivity (Wildman–Crippen MR) is 174 cm³/mol. The molecule has 1 fully saturated rings. The summed E-state index contributed by atoms with van der Waals surface area (Å²) in [4.78, 5) is 59.2. The minimum Gasteiger partial charge on any atom is -0.457 e. The third kappa shape index (κ3) is 7.70. The van der Waals surface area contributed by atoms with E-state index in [1.807, 2.05) is 25.3 Å². The second kappa shape index (κ2) is 14.4. The van der Waals surface area contributed by atoms with Crippen LogP contribution in [0.5, 0.6) is 0 Å². The Kier molecular flexibility index (Phi) is 11.0. The lowest BCUT2D eigenvalue weighted by molar-refractivity contribution is -0.163. The lowest BCUT2D eigenvalue weighted by Gasteiger charge is -2.48. The summed E-state index contributed by atoms with van der Waals surface area (Å²) in [5, 5.41) is 1.90. The van der Waals surface area contributed by atoms with Gasteiger partial charge in [-0.3, -0.25) is 9.69 Å². The van der Waals surface area contributed by atoms with Crippen molar-refractivity contribution in [3.05, 3.63) is 53.1 Å². The minimum atomic E-state index is -1.91. The van der Waals surface area contributed by atoms with Gasteiger partial charge in [0.05, 0.1) is 29.8 Å². The molecule has 1 aromatic rings. The van der Waals surface area contributed by atoms with Crippen LogP contribution in [-0.2, 0) is 28.2 Å². The summed E-state index contributed by atoms with van der Waals surface area (Å²) in [6.07, 6.45) is 3.40. The zero-order valence-corrected chi connectivity index (χ0v) is 28.8. The summed E-state index contributed by atoms with van der Waals surface area (Å²) in [5.74, 6) is -1.24. The van der Waals surface area contributed by atoms with Crippen molar-refractivity contribution >= 4 is 61.1 Å². The van der Waals surface area contributed by atoms with E-state index >= 15 is 0 Å². The molecule has 4 heterocycles. The number of β-lactam (4-membered cyclic amide) rings is 1. The maximum Gasteiger partial charge on any atom is 0.410 e. The Hall–Kier alpha value is -3.40. The van der Waals surface area contributed by atoms with Gasteiger partial charge >= 0.3 is 18.2 Å². The largest absolute Gasteiger partial charge is 0.457 e. The van der Waals surface area contributed by atoms with Crippen LogP contribution in [0, 0.1) is 11.8 Å². The first kappa shape index (κ1) is 34.5.